The van der Waals surface area contributed by atoms with Crippen molar-refractivity contribution in [3.05, 3.63) is 5.82 Å². The van der Waals surface area contributed by atoms with Crippen molar-refractivity contribution in [2.75, 3.05) is 30.0 Å². The zero-order valence-corrected chi connectivity index (χ0v) is 17.0. The van der Waals surface area contributed by atoms with Crippen molar-refractivity contribution in [3.8, 4) is 0 Å². The minimum absolute atomic E-state index is 0.0882. The van der Waals surface area contributed by atoms with Crippen LogP contribution in [0.25, 0.3) is 0 Å². The van der Waals surface area contributed by atoms with Gasteiger partial charge in [-0.05, 0) is 12.8 Å². The quantitative estimate of drug-likeness (QED) is 0.168. The summed E-state index contributed by atoms with van der Waals surface area (Å²) in [5, 5.41) is 19.7. The molecule has 1 fully saturated rings. The summed E-state index contributed by atoms with van der Waals surface area (Å²) in [4.78, 5) is 38.1. The molecule has 1 aromatic heterocycles. The molecule has 2 atom stereocenters. The van der Waals surface area contributed by atoms with E-state index in [9.17, 15) is 19.9 Å². The Morgan fingerprint density at radius 3 is 2.76 bits per heavy atom. The number of nitrogens with zero attached hydrogens (tertiary/aromatic N) is 5. The number of aryl methyl sites for hydroxylation is 1. The molecule has 0 spiro atoms. The molecule has 11 nitrogen and oxygen atoms in total. The largest absolute Gasteiger partial charge is 0.391 e. The summed E-state index contributed by atoms with van der Waals surface area (Å²) in [7, 11) is 0. The number of β-amino-alcohol motifs (C(OH)–C–C–N with tert-alkyl or cyclic N) is 1. The highest BCUT2D eigenvalue weighted by atomic mass is 16.5. The maximum Gasteiger partial charge on any atom is 0.246 e. The van der Waals surface area contributed by atoms with Gasteiger partial charge in [0, 0.05) is 19.5 Å². The summed E-state index contributed by atoms with van der Waals surface area (Å²) >= 11 is 0. The van der Waals surface area contributed by atoms with Gasteiger partial charge in [0.1, 0.15) is 5.82 Å². The van der Waals surface area contributed by atoms with Crippen LogP contribution >= 0.6 is 0 Å². The molecule has 0 saturated carbocycles. The van der Waals surface area contributed by atoms with Crippen LogP contribution in [0.15, 0.2) is 0 Å². The summed E-state index contributed by atoms with van der Waals surface area (Å²) in [6.07, 6.45) is 4.44. The molecular weight excluding hydrogens is 378 g/mol. The fourth-order valence-corrected chi connectivity index (χ4v) is 3.12. The van der Waals surface area contributed by atoms with Gasteiger partial charge in [-0.1, -0.05) is 33.1 Å². The van der Waals surface area contributed by atoms with E-state index in [0.717, 1.165) is 19.3 Å². The van der Waals surface area contributed by atoms with E-state index in [0.29, 0.717) is 49.2 Å². The lowest BCUT2D eigenvalue weighted by Gasteiger charge is -2.20. The zero-order chi connectivity index (χ0) is 21.2. The van der Waals surface area contributed by atoms with Gasteiger partial charge < -0.3 is 10.0 Å². The maximum atomic E-state index is 12.6. The van der Waals surface area contributed by atoms with Crippen molar-refractivity contribution in [2.24, 2.45) is 5.92 Å². The number of hydrogen-bond donors (Lipinski definition) is 4. The second kappa shape index (κ2) is 11.5. The molecule has 2 heterocycles. The number of unbranched alkanes of at least 4 members (excludes halogenated alkanes) is 2. The molecule has 0 radical (unpaired) electrons. The molecule has 2 amide bonds. The number of aliphatic hydroxyl groups excluding tert-OH is 1. The van der Waals surface area contributed by atoms with Crippen molar-refractivity contribution in [3.63, 3.8) is 0 Å². The number of aliphatic hydroxyl groups is 1. The average Bonchev–Trinajstić information content (AvgIpc) is 3.17. The lowest BCUT2D eigenvalue weighted by Crippen LogP contribution is -2.40. The number of rotatable bonds is 12. The first-order valence-electron chi connectivity index (χ1n) is 10.1. The Morgan fingerprint density at radius 1 is 1.34 bits per heavy atom. The predicted octanol–water partition coefficient (Wildman–Crippen LogP) is 0.492. The highest BCUT2D eigenvalue weighted by Crippen LogP contribution is 2.18. The molecular formula is C18H31N7O4. The van der Waals surface area contributed by atoms with E-state index in [-0.39, 0.29) is 24.8 Å². The van der Waals surface area contributed by atoms with Gasteiger partial charge in [-0.25, -0.2) is 5.06 Å². The summed E-state index contributed by atoms with van der Waals surface area (Å²) in [6.45, 7) is 4.99. The third kappa shape index (κ3) is 7.09. The molecule has 0 aromatic carbocycles. The Hall–Kier alpha value is -2.53. The second-order valence-electron chi connectivity index (χ2n) is 7.15. The first kappa shape index (κ1) is 22.8. The average molecular weight is 409 g/mol. The molecule has 1 saturated heterocycles. The lowest BCUT2D eigenvalue weighted by atomic mass is 10.0. The molecule has 11 heteroatoms. The Morgan fingerprint density at radius 2 is 2.14 bits per heavy atom. The fourth-order valence-electron chi connectivity index (χ4n) is 3.12. The number of hydrogen-bond acceptors (Lipinski definition) is 9. The van der Waals surface area contributed by atoms with E-state index >= 15 is 0 Å². The van der Waals surface area contributed by atoms with Gasteiger partial charge in [-0.15, -0.1) is 0 Å². The number of aromatic nitrogens is 3. The van der Waals surface area contributed by atoms with E-state index in [4.69, 9.17) is 0 Å². The molecule has 2 unspecified atom stereocenters. The Kier molecular flexibility index (Phi) is 9.00. The molecule has 162 valence electrons. The van der Waals surface area contributed by atoms with E-state index in [1.54, 1.807) is 0 Å². The smallest absolute Gasteiger partial charge is 0.246 e. The van der Waals surface area contributed by atoms with E-state index in [1.165, 1.54) is 0 Å². The SMILES string of the molecule is CCCCCC(CN(O)C=O)C(=O)NNc1nc(CC)nc(N2CCC(O)C2)n1. The molecule has 29 heavy (non-hydrogen) atoms. The standard InChI is InChI=1S/C18H31N7O4/c1-3-5-6-7-13(10-25(29)12-26)16(28)22-23-17-19-15(4-2)20-18(21-17)24-9-8-14(27)11-24/h12-14,27,29H,3-11H2,1-2H3,(H,22,28)(H,19,20,21,23). The van der Waals surface area contributed by atoms with E-state index in [2.05, 4.69) is 32.7 Å². The van der Waals surface area contributed by atoms with Gasteiger partial charge in [0.05, 0.1) is 18.6 Å². The topological polar surface area (TPSA) is 144 Å². The molecule has 1 aromatic rings. The fraction of sp³-hybridized carbons (Fsp3) is 0.722. The summed E-state index contributed by atoms with van der Waals surface area (Å²) in [6, 6.07) is 0. The van der Waals surface area contributed by atoms with Crippen molar-refractivity contribution >= 4 is 24.2 Å². The van der Waals surface area contributed by atoms with Gasteiger partial charge in [0.25, 0.3) is 0 Å². The monoisotopic (exact) mass is 409 g/mol. The third-order valence-corrected chi connectivity index (χ3v) is 4.79. The van der Waals surface area contributed by atoms with Crippen LogP contribution in [0.5, 0.6) is 0 Å². The normalized spacial score (nSPS) is 17.1. The molecule has 0 bridgehead atoms. The molecule has 1 aliphatic heterocycles. The zero-order valence-electron chi connectivity index (χ0n) is 17.0. The minimum Gasteiger partial charge on any atom is -0.391 e. The van der Waals surface area contributed by atoms with Gasteiger partial charge >= 0.3 is 0 Å². The van der Waals surface area contributed by atoms with Crippen molar-refractivity contribution in [2.45, 2.75) is 58.5 Å². The van der Waals surface area contributed by atoms with Crippen LogP contribution in [0, 0.1) is 5.92 Å². The molecule has 2 rings (SSSR count). The van der Waals surface area contributed by atoms with Gasteiger partial charge in [-0.2, -0.15) is 15.0 Å². The van der Waals surface area contributed by atoms with Crippen molar-refractivity contribution in [1.82, 2.24) is 25.4 Å². The summed E-state index contributed by atoms with van der Waals surface area (Å²) in [5.74, 6) is 0.288. The Labute approximate surface area is 170 Å². The van der Waals surface area contributed by atoms with Crippen LogP contribution in [-0.2, 0) is 16.0 Å². The predicted molar refractivity (Wildman–Crippen MR) is 106 cm³/mol. The number of hydrazine groups is 1. The number of anilines is 2. The summed E-state index contributed by atoms with van der Waals surface area (Å²) in [5.41, 5.74) is 5.29. The number of nitrogens with one attached hydrogen (secondary N) is 2. The number of amides is 2. The number of carbonyl (C=O) groups is 2. The highest BCUT2D eigenvalue weighted by molar-refractivity contribution is 5.80. The third-order valence-electron chi connectivity index (χ3n) is 4.79. The first-order chi connectivity index (χ1) is 14.0. The number of hydroxylamine groups is 2. The van der Waals surface area contributed by atoms with E-state index < -0.39 is 12.0 Å². The second-order valence-corrected chi connectivity index (χ2v) is 7.15. The van der Waals surface area contributed by atoms with Gasteiger partial charge in [-0.3, -0.25) is 25.6 Å². The first-order valence-corrected chi connectivity index (χ1v) is 10.1. The highest BCUT2D eigenvalue weighted by Gasteiger charge is 2.24. The number of carbonyl (C=O) groups excluding carboxylic acids is 2. The Balaban J connectivity index is 2.03. The van der Waals surface area contributed by atoms with Crippen LogP contribution in [0.4, 0.5) is 11.9 Å². The van der Waals surface area contributed by atoms with Crippen LogP contribution in [0.2, 0.25) is 0 Å². The maximum absolute atomic E-state index is 12.6. The van der Waals surface area contributed by atoms with Crippen LogP contribution in [0.1, 0.15) is 51.8 Å². The van der Waals surface area contributed by atoms with Crippen LogP contribution in [0.3, 0.4) is 0 Å². The summed E-state index contributed by atoms with van der Waals surface area (Å²) < 4.78 is 0. The van der Waals surface area contributed by atoms with Gasteiger partial charge in [0.2, 0.25) is 24.2 Å². The lowest BCUT2D eigenvalue weighted by molar-refractivity contribution is -0.154. The minimum atomic E-state index is -0.565. The molecule has 4 N–H and O–H groups in total. The van der Waals surface area contributed by atoms with Gasteiger partial charge in [0.15, 0.2) is 0 Å². The van der Waals surface area contributed by atoms with Crippen molar-refractivity contribution in [1.29, 1.82) is 0 Å². The molecule has 1 aliphatic rings. The van der Waals surface area contributed by atoms with Crippen LogP contribution in [-0.4, -0.2) is 68.4 Å². The van der Waals surface area contributed by atoms with E-state index in [1.807, 2.05) is 11.8 Å². The van der Waals surface area contributed by atoms with Crippen molar-refractivity contribution < 1.29 is 19.9 Å². The van der Waals surface area contributed by atoms with Crippen LogP contribution < -0.4 is 15.8 Å². The molecule has 0 aliphatic carbocycles. The Bertz CT molecular complexity index is 676.